The molecule has 1 amide bonds. The first-order valence-electron chi connectivity index (χ1n) is 9.67. The highest BCUT2D eigenvalue weighted by atomic mass is 16.7. The second-order valence-corrected chi connectivity index (χ2v) is 9.44. The van der Waals surface area contributed by atoms with Crippen molar-refractivity contribution in [2.75, 3.05) is 13.1 Å². The quantitative estimate of drug-likeness (QED) is 0.737. The zero-order valence-corrected chi connectivity index (χ0v) is 17.5. The van der Waals surface area contributed by atoms with Crippen LogP contribution in [0.15, 0.2) is 10.7 Å². The van der Waals surface area contributed by atoms with Gasteiger partial charge in [0.2, 0.25) is 0 Å². The number of hydrogen-bond acceptors (Lipinski definition) is 6. The Hall–Kier alpha value is -1.54. The van der Waals surface area contributed by atoms with Crippen molar-refractivity contribution >= 4 is 18.8 Å². The second kappa shape index (κ2) is 6.81. The Kier molecular flexibility index (Phi) is 5.10. The standard InChI is InChI=1S/C19H31BN2O5/c1-17(2,3)25-16(23)22-10-8-13(9-11-22)15-21-14(12-24-15)20-26-18(4,5)19(6,7)27-20/h12-13H,8-11H2,1-7H3. The molecule has 2 saturated heterocycles. The van der Waals surface area contributed by atoms with Crippen LogP contribution in [0.1, 0.15) is 73.1 Å². The van der Waals surface area contributed by atoms with Crippen LogP contribution in [0.4, 0.5) is 4.79 Å². The van der Waals surface area contributed by atoms with Gasteiger partial charge in [0.25, 0.3) is 0 Å². The maximum Gasteiger partial charge on any atom is 0.517 e. The molecule has 0 bridgehead atoms. The van der Waals surface area contributed by atoms with E-state index in [1.54, 1.807) is 11.2 Å². The first kappa shape index (κ1) is 20.2. The summed E-state index contributed by atoms with van der Waals surface area (Å²) in [6.07, 6.45) is 2.95. The van der Waals surface area contributed by atoms with Crippen LogP contribution < -0.4 is 5.59 Å². The maximum atomic E-state index is 12.2. The van der Waals surface area contributed by atoms with Crippen LogP contribution in [0.2, 0.25) is 0 Å². The Bertz CT molecular complexity index is 671. The predicted molar refractivity (Wildman–Crippen MR) is 102 cm³/mol. The van der Waals surface area contributed by atoms with E-state index >= 15 is 0 Å². The molecule has 3 heterocycles. The molecule has 1 aromatic heterocycles. The molecule has 2 fully saturated rings. The first-order chi connectivity index (χ1) is 12.4. The second-order valence-electron chi connectivity index (χ2n) is 9.44. The molecule has 0 spiro atoms. The summed E-state index contributed by atoms with van der Waals surface area (Å²) in [6, 6.07) is 0. The Morgan fingerprint density at radius 3 is 2.26 bits per heavy atom. The molecule has 0 N–H and O–H groups in total. The number of carbonyl (C=O) groups excluding carboxylic acids is 1. The van der Waals surface area contributed by atoms with Gasteiger partial charge in [0.15, 0.2) is 5.89 Å². The van der Waals surface area contributed by atoms with Crippen molar-refractivity contribution in [2.24, 2.45) is 0 Å². The van der Waals surface area contributed by atoms with E-state index < -0.39 is 23.9 Å². The SMILES string of the molecule is CC(C)(C)OC(=O)N1CCC(c2nc(B3OC(C)(C)C(C)(C)O3)co2)CC1. The molecule has 2 aliphatic rings. The lowest BCUT2D eigenvalue weighted by Gasteiger charge is -2.32. The topological polar surface area (TPSA) is 74.0 Å². The normalized spacial score (nSPS) is 22.9. The van der Waals surface area contributed by atoms with Gasteiger partial charge in [-0.1, -0.05) is 0 Å². The van der Waals surface area contributed by atoms with E-state index in [1.165, 1.54) is 0 Å². The van der Waals surface area contributed by atoms with Gasteiger partial charge in [-0.05, 0) is 61.3 Å². The van der Waals surface area contributed by atoms with Crippen LogP contribution in [0, 0.1) is 0 Å². The molecule has 150 valence electrons. The number of carbonyl (C=O) groups is 1. The van der Waals surface area contributed by atoms with Crippen molar-refractivity contribution in [1.29, 1.82) is 0 Å². The number of nitrogens with zero attached hydrogens (tertiary/aromatic N) is 2. The summed E-state index contributed by atoms with van der Waals surface area (Å²) in [7, 11) is -0.519. The summed E-state index contributed by atoms with van der Waals surface area (Å²) in [4.78, 5) is 18.6. The van der Waals surface area contributed by atoms with Crippen molar-refractivity contribution in [3.63, 3.8) is 0 Å². The number of oxazole rings is 1. The molecule has 27 heavy (non-hydrogen) atoms. The molecule has 0 saturated carbocycles. The van der Waals surface area contributed by atoms with E-state index in [0.29, 0.717) is 24.6 Å². The van der Waals surface area contributed by atoms with Gasteiger partial charge in [0.05, 0.1) is 11.2 Å². The fourth-order valence-corrected chi connectivity index (χ4v) is 3.20. The van der Waals surface area contributed by atoms with Gasteiger partial charge in [-0.2, -0.15) is 0 Å². The minimum absolute atomic E-state index is 0.180. The molecule has 7 nitrogen and oxygen atoms in total. The Morgan fingerprint density at radius 1 is 1.19 bits per heavy atom. The van der Waals surface area contributed by atoms with E-state index in [1.807, 2.05) is 48.5 Å². The van der Waals surface area contributed by atoms with Crippen LogP contribution in [0.3, 0.4) is 0 Å². The van der Waals surface area contributed by atoms with Crippen LogP contribution in [-0.4, -0.2) is 53.0 Å². The molecular weight excluding hydrogens is 347 g/mol. The van der Waals surface area contributed by atoms with Crippen molar-refractivity contribution in [3.05, 3.63) is 12.2 Å². The summed E-state index contributed by atoms with van der Waals surface area (Å²) < 4.78 is 23.2. The van der Waals surface area contributed by atoms with Gasteiger partial charge in [-0.3, -0.25) is 0 Å². The average molecular weight is 378 g/mol. The van der Waals surface area contributed by atoms with Crippen molar-refractivity contribution < 1.29 is 23.3 Å². The van der Waals surface area contributed by atoms with Crippen molar-refractivity contribution in [3.8, 4) is 0 Å². The summed E-state index contributed by atoms with van der Waals surface area (Å²) in [5.41, 5.74) is -0.627. The van der Waals surface area contributed by atoms with Gasteiger partial charge >= 0.3 is 13.2 Å². The van der Waals surface area contributed by atoms with Gasteiger partial charge in [0, 0.05) is 19.0 Å². The summed E-state index contributed by atoms with van der Waals surface area (Å²) in [6.45, 7) is 15.0. The zero-order valence-electron chi connectivity index (χ0n) is 17.5. The number of hydrogen-bond donors (Lipinski definition) is 0. The van der Waals surface area contributed by atoms with Crippen molar-refractivity contribution in [2.45, 2.75) is 84.0 Å². The predicted octanol–water partition coefficient (Wildman–Crippen LogP) is 3.09. The molecule has 0 radical (unpaired) electrons. The highest BCUT2D eigenvalue weighted by Gasteiger charge is 2.53. The molecule has 0 unspecified atom stereocenters. The molecule has 3 rings (SSSR count). The largest absolute Gasteiger partial charge is 0.517 e. The average Bonchev–Trinajstić information content (AvgIpc) is 3.09. The van der Waals surface area contributed by atoms with Crippen LogP contribution in [0.25, 0.3) is 0 Å². The molecule has 0 aromatic carbocycles. The third-order valence-electron chi connectivity index (χ3n) is 5.53. The van der Waals surface area contributed by atoms with Crippen LogP contribution in [0.5, 0.6) is 0 Å². The molecule has 0 aliphatic carbocycles. The number of amides is 1. The summed E-state index contributed by atoms with van der Waals surface area (Å²) >= 11 is 0. The smallest absolute Gasteiger partial charge is 0.449 e. The number of likely N-dealkylation sites (tertiary alicyclic amines) is 1. The fourth-order valence-electron chi connectivity index (χ4n) is 3.20. The lowest BCUT2D eigenvalue weighted by atomic mass is 9.86. The fraction of sp³-hybridized carbons (Fsp3) is 0.789. The van der Waals surface area contributed by atoms with E-state index in [-0.39, 0.29) is 12.0 Å². The number of ether oxygens (including phenoxy) is 1. The Morgan fingerprint density at radius 2 is 1.74 bits per heavy atom. The van der Waals surface area contributed by atoms with Crippen molar-refractivity contribution in [1.82, 2.24) is 9.88 Å². The Labute approximate surface area is 161 Å². The van der Waals surface area contributed by atoms with E-state index in [4.69, 9.17) is 18.5 Å². The molecular formula is C19H31BN2O5. The first-order valence-corrected chi connectivity index (χ1v) is 9.67. The molecule has 0 atom stereocenters. The highest BCUT2D eigenvalue weighted by molar-refractivity contribution is 6.61. The molecule has 1 aromatic rings. The third kappa shape index (κ3) is 4.32. The summed E-state index contributed by atoms with van der Waals surface area (Å²) in [5, 5.41) is 0. The maximum absolute atomic E-state index is 12.2. The van der Waals surface area contributed by atoms with Crippen LogP contribution >= 0.6 is 0 Å². The minimum Gasteiger partial charge on any atom is -0.449 e. The van der Waals surface area contributed by atoms with Gasteiger partial charge in [-0.15, -0.1) is 0 Å². The molecule has 8 heteroatoms. The third-order valence-corrected chi connectivity index (χ3v) is 5.53. The van der Waals surface area contributed by atoms with Crippen LogP contribution in [-0.2, 0) is 14.0 Å². The van der Waals surface area contributed by atoms with Gasteiger partial charge in [-0.25, -0.2) is 9.78 Å². The van der Waals surface area contributed by atoms with E-state index in [0.717, 1.165) is 12.8 Å². The highest BCUT2D eigenvalue weighted by Crippen LogP contribution is 2.36. The monoisotopic (exact) mass is 378 g/mol. The Balaban J connectivity index is 1.58. The van der Waals surface area contributed by atoms with E-state index in [9.17, 15) is 4.79 Å². The van der Waals surface area contributed by atoms with Gasteiger partial charge in [0.1, 0.15) is 17.5 Å². The minimum atomic E-state index is -0.519. The van der Waals surface area contributed by atoms with Gasteiger partial charge < -0.3 is 23.4 Å². The molecule has 2 aliphatic heterocycles. The number of aromatic nitrogens is 1. The number of piperidine rings is 1. The lowest BCUT2D eigenvalue weighted by Crippen LogP contribution is -2.41. The lowest BCUT2D eigenvalue weighted by molar-refractivity contribution is 0.00578. The van der Waals surface area contributed by atoms with E-state index in [2.05, 4.69) is 4.98 Å². The summed E-state index contributed by atoms with van der Waals surface area (Å²) in [5.74, 6) is 0.864. The zero-order chi connectivity index (χ0) is 20.0. The number of rotatable bonds is 2.